The number of anilines is 1. The van der Waals surface area contributed by atoms with Crippen LogP contribution in [0, 0.1) is 0 Å². The second-order valence-electron chi connectivity index (χ2n) is 7.31. The van der Waals surface area contributed by atoms with Crippen LogP contribution in [0.1, 0.15) is 38.3 Å². The Morgan fingerprint density at radius 2 is 1.96 bits per heavy atom. The van der Waals surface area contributed by atoms with Gasteiger partial charge in [-0.2, -0.15) is 5.10 Å². The number of aromatic nitrogens is 2. The number of hydrogen-bond acceptors (Lipinski definition) is 5. The van der Waals surface area contributed by atoms with Crippen molar-refractivity contribution in [2.75, 3.05) is 18.8 Å². The molecular formula is C21H29N5O2. The lowest BCUT2D eigenvalue weighted by Gasteiger charge is -2.31. The Morgan fingerprint density at radius 3 is 2.50 bits per heavy atom. The van der Waals surface area contributed by atoms with Crippen LogP contribution < -0.4 is 16.2 Å². The van der Waals surface area contributed by atoms with Crippen LogP contribution >= 0.6 is 0 Å². The van der Waals surface area contributed by atoms with Crippen LogP contribution in [-0.2, 0) is 11.3 Å². The molecule has 1 aliphatic heterocycles. The van der Waals surface area contributed by atoms with E-state index < -0.39 is 0 Å². The van der Waals surface area contributed by atoms with Crippen LogP contribution in [0.5, 0.6) is 5.75 Å². The molecular weight excluding hydrogens is 354 g/mol. The summed E-state index contributed by atoms with van der Waals surface area (Å²) in [6.45, 7) is 9.21. The zero-order valence-electron chi connectivity index (χ0n) is 16.6. The first kappa shape index (κ1) is 19.9. The maximum absolute atomic E-state index is 11.8. The van der Waals surface area contributed by atoms with E-state index in [1.165, 1.54) is 6.08 Å². The first-order valence-electron chi connectivity index (χ1n) is 9.70. The number of amides is 1. The Bertz CT molecular complexity index is 833. The summed E-state index contributed by atoms with van der Waals surface area (Å²) in [5.41, 5.74) is 15.0. The van der Waals surface area contributed by atoms with Crippen LogP contribution in [-0.4, -0.2) is 39.8 Å². The predicted molar refractivity (Wildman–Crippen MR) is 111 cm³/mol. The summed E-state index contributed by atoms with van der Waals surface area (Å²) >= 11 is 0. The molecule has 4 N–H and O–H groups in total. The van der Waals surface area contributed by atoms with Gasteiger partial charge in [-0.15, -0.1) is 0 Å². The van der Waals surface area contributed by atoms with Gasteiger partial charge in [-0.25, -0.2) is 4.68 Å². The quantitative estimate of drug-likeness (QED) is 0.747. The normalized spacial score (nSPS) is 15.1. The third kappa shape index (κ3) is 4.04. The van der Waals surface area contributed by atoms with Gasteiger partial charge < -0.3 is 21.1 Å². The lowest BCUT2D eigenvalue weighted by atomic mass is 10.0. The molecule has 0 spiro atoms. The minimum absolute atomic E-state index is 0.0288. The molecule has 7 heteroatoms. The number of hydrogen-bond donors (Lipinski definition) is 2. The lowest BCUT2D eigenvalue weighted by Crippen LogP contribution is -2.38. The number of nitrogen functional groups attached to an aromatic ring is 1. The molecule has 2 heterocycles. The maximum Gasteiger partial charge on any atom is 0.245 e. The molecule has 0 aliphatic carbocycles. The Balaban J connectivity index is 1.83. The van der Waals surface area contributed by atoms with E-state index in [-0.39, 0.29) is 18.1 Å². The summed E-state index contributed by atoms with van der Waals surface area (Å²) in [4.78, 5) is 13.6. The highest BCUT2D eigenvalue weighted by Gasteiger charge is 2.26. The Hall–Kier alpha value is -2.80. The first-order chi connectivity index (χ1) is 13.4. The van der Waals surface area contributed by atoms with Gasteiger partial charge in [0, 0.05) is 30.8 Å². The van der Waals surface area contributed by atoms with Gasteiger partial charge in [0.15, 0.2) is 0 Å². The van der Waals surface area contributed by atoms with E-state index in [9.17, 15) is 4.79 Å². The van der Waals surface area contributed by atoms with Gasteiger partial charge in [-0.3, -0.25) is 4.79 Å². The molecule has 1 saturated heterocycles. The van der Waals surface area contributed by atoms with Crippen molar-refractivity contribution in [3.05, 3.63) is 42.5 Å². The van der Waals surface area contributed by atoms with Crippen molar-refractivity contribution in [2.45, 2.75) is 45.4 Å². The third-order valence-corrected chi connectivity index (χ3v) is 5.05. The molecule has 150 valence electrons. The fraction of sp³-hybridized carbons (Fsp3) is 0.429. The molecule has 0 saturated carbocycles. The molecule has 1 aliphatic rings. The van der Waals surface area contributed by atoms with Gasteiger partial charge in [0.2, 0.25) is 5.91 Å². The molecule has 2 aromatic rings. The molecule has 1 amide bonds. The SMILES string of the molecule is C=CC(=O)N1CCC(n2nc(-c3ccc(OC(C)C)cc3)c(CN)c2N)CC1. The Kier molecular flexibility index (Phi) is 6.04. The van der Waals surface area contributed by atoms with Crippen LogP contribution in [0.3, 0.4) is 0 Å². The predicted octanol–water partition coefficient (Wildman–Crippen LogP) is 2.73. The minimum Gasteiger partial charge on any atom is -0.491 e. The van der Waals surface area contributed by atoms with Gasteiger partial charge >= 0.3 is 0 Å². The number of carbonyl (C=O) groups is 1. The summed E-state index contributed by atoms with van der Waals surface area (Å²) < 4.78 is 7.59. The monoisotopic (exact) mass is 383 g/mol. The van der Waals surface area contributed by atoms with Gasteiger partial charge in [-0.05, 0) is 57.0 Å². The van der Waals surface area contributed by atoms with Crippen LogP contribution in [0.25, 0.3) is 11.3 Å². The fourth-order valence-corrected chi connectivity index (χ4v) is 3.62. The van der Waals surface area contributed by atoms with Crippen molar-refractivity contribution in [1.29, 1.82) is 0 Å². The first-order valence-corrected chi connectivity index (χ1v) is 9.70. The highest BCUT2D eigenvalue weighted by Crippen LogP contribution is 2.33. The molecule has 7 nitrogen and oxygen atoms in total. The van der Waals surface area contributed by atoms with Gasteiger partial charge in [0.25, 0.3) is 0 Å². The average molecular weight is 383 g/mol. The molecule has 1 aromatic carbocycles. The van der Waals surface area contributed by atoms with Crippen molar-refractivity contribution in [3.63, 3.8) is 0 Å². The second-order valence-corrected chi connectivity index (χ2v) is 7.31. The molecule has 0 atom stereocenters. The maximum atomic E-state index is 11.8. The van der Waals surface area contributed by atoms with Gasteiger partial charge in [-0.1, -0.05) is 6.58 Å². The summed E-state index contributed by atoms with van der Waals surface area (Å²) in [6.07, 6.45) is 3.09. The van der Waals surface area contributed by atoms with Gasteiger partial charge in [0.05, 0.1) is 17.8 Å². The van der Waals surface area contributed by atoms with Crippen LogP contribution in [0.15, 0.2) is 36.9 Å². The highest BCUT2D eigenvalue weighted by molar-refractivity contribution is 5.87. The summed E-state index contributed by atoms with van der Waals surface area (Å²) in [7, 11) is 0. The number of piperidine rings is 1. The molecule has 0 unspecified atom stereocenters. The topological polar surface area (TPSA) is 99.4 Å². The molecule has 3 rings (SSSR count). The van der Waals surface area contributed by atoms with E-state index >= 15 is 0 Å². The number of benzene rings is 1. The molecule has 1 aromatic heterocycles. The Labute approximate surface area is 165 Å². The summed E-state index contributed by atoms with van der Waals surface area (Å²) in [5.74, 6) is 1.40. The molecule has 0 bridgehead atoms. The highest BCUT2D eigenvalue weighted by atomic mass is 16.5. The van der Waals surface area contributed by atoms with E-state index in [0.717, 1.165) is 35.4 Å². The number of rotatable bonds is 6. The zero-order valence-corrected chi connectivity index (χ0v) is 16.6. The second kappa shape index (κ2) is 8.48. The van der Waals surface area contributed by atoms with Crippen molar-refractivity contribution < 1.29 is 9.53 Å². The number of likely N-dealkylation sites (tertiary alicyclic amines) is 1. The van der Waals surface area contributed by atoms with Crippen molar-refractivity contribution >= 4 is 11.7 Å². The van der Waals surface area contributed by atoms with E-state index in [0.29, 0.717) is 25.5 Å². The number of carbonyl (C=O) groups excluding carboxylic acids is 1. The number of nitrogens with two attached hydrogens (primary N) is 2. The van der Waals surface area contributed by atoms with E-state index in [1.54, 1.807) is 4.90 Å². The smallest absolute Gasteiger partial charge is 0.245 e. The zero-order chi connectivity index (χ0) is 20.3. The summed E-state index contributed by atoms with van der Waals surface area (Å²) in [6, 6.07) is 7.98. The molecule has 28 heavy (non-hydrogen) atoms. The van der Waals surface area contributed by atoms with Crippen LogP contribution in [0.4, 0.5) is 5.82 Å². The van der Waals surface area contributed by atoms with Crippen molar-refractivity contribution in [2.24, 2.45) is 5.73 Å². The standard InChI is InChI=1S/C21H29N5O2/c1-4-19(27)25-11-9-16(10-12-25)26-21(23)18(13-22)20(24-26)15-5-7-17(8-6-15)28-14(2)3/h4-8,14,16H,1,9-13,22-23H2,2-3H3. The molecule has 1 fully saturated rings. The number of nitrogens with zero attached hydrogens (tertiary/aromatic N) is 3. The van der Waals surface area contributed by atoms with E-state index in [1.807, 2.05) is 42.8 Å². The van der Waals surface area contributed by atoms with Gasteiger partial charge in [0.1, 0.15) is 11.6 Å². The lowest BCUT2D eigenvalue weighted by molar-refractivity contribution is -0.127. The average Bonchev–Trinajstić information content (AvgIpc) is 3.04. The summed E-state index contributed by atoms with van der Waals surface area (Å²) in [5, 5.41) is 4.80. The van der Waals surface area contributed by atoms with E-state index in [4.69, 9.17) is 21.3 Å². The van der Waals surface area contributed by atoms with Crippen molar-refractivity contribution in [3.8, 4) is 17.0 Å². The fourth-order valence-electron chi connectivity index (χ4n) is 3.62. The van der Waals surface area contributed by atoms with Crippen LogP contribution in [0.2, 0.25) is 0 Å². The largest absolute Gasteiger partial charge is 0.491 e. The minimum atomic E-state index is -0.0288. The van der Waals surface area contributed by atoms with E-state index in [2.05, 4.69) is 6.58 Å². The molecule has 0 radical (unpaired) electrons. The Morgan fingerprint density at radius 1 is 1.32 bits per heavy atom. The third-order valence-electron chi connectivity index (χ3n) is 5.05. The number of ether oxygens (including phenoxy) is 1. The van der Waals surface area contributed by atoms with Crippen molar-refractivity contribution in [1.82, 2.24) is 14.7 Å².